The lowest BCUT2D eigenvalue weighted by molar-refractivity contribution is 0.105. The molecule has 3 rings (SSSR count). The summed E-state index contributed by atoms with van der Waals surface area (Å²) in [4.78, 5) is 32.0. The first kappa shape index (κ1) is 18.5. The highest BCUT2D eigenvalue weighted by Gasteiger charge is 2.22. The zero-order valence-electron chi connectivity index (χ0n) is 15.2. The van der Waals surface area contributed by atoms with Crippen molar-refractivity contribution in [2.45, 2.75) is 6.92 Å². The third kappa shape index (κ3) is 5.10. The van der Waals surface area contributed by atoms with Crippen LogP contribution in [-0.4, -0.2) is 54.8 Å². The maximum atomic E-state index is 12.0. The van der Waals surface area contributed by atoms with E-state index in [0.29, 0.717) is 38.5 Å². The number of para-hydroxylation sites is 1. The number of amides is 3. The summed E-state index contributed by atoms with van der Waals surface area (Å²) in [5.41, 5.74) is 1.33. The topological polar surface area (TPSA) is 86.8 Å². The molecular weight excluding hydrogens is 346 g/mol. The fraction of sp³-hybridized carbons (Fsp3) is 0.316. The molecule has 0 radical (unpaired) electrons. The highest BCUT2D eigenvalue weighted by molar-refractivity contribution is 5.99. The van der Waals surface area contributed by atoms with E-state index in [2.05, 4.69) is 20.5 Å². The summed E-state index contributed by atoms with van der Waals surface area (Å²) >= 11 is 0. The molecule has 0 unspecified atom stereocenters. The number of ether oxygens (including phenoxy) is 1. The summed E-state index contributed by atoms with van der Waals surface area (Å²) in [6, 6.07) is 12.6. The van der Waals surface area contributed by atoms with Gasteiger partial charge in [-0.15, -0.1) is 0 Å². The predicted octanol–water partition coefficient (Wildman–Crippen LogP) is 3.00. The first-order valence-electron chi connectivity index (χ1n) is 8.91. The minimum Gasteiger partial charge on any atom is -0.450 e. The summed E-state index contributed by atoms with van der Waals surface area (Å²) in [6.45, 7) is 4.75. The van der Waals surface area contributed by atoms with Gasteiger partial charge in [-0.2, -0.15) is 0 Å². The smallest absolute Gasteiger partial charge is 0.409 e. The Balaban J connectivity index is 1.50. The largest absolute Gasteiger partial charge is 0.450 e. The molecule has 1 saturated heterocycles. The van der Waals surface area contributed by atoms with Gasteiger partial charge in [0.2, 0.25) is 0 Å². The van der Waals surface area contributed by atoms with Gasteiger partial charge in [0.1, 0.15) is 5.82 Å². The van der Waals surface area contributed by atoms with Gasteiger partial charge in [-0.05, 0) is 31.2 Å². The van der Waals surface area contributed by atoms with E-state index in [0.717, 1.165) is 11.5 Å². The lowest BCUT2D eigenvalue weighted by atomic mass is 10.3. The van der Waals surface area contributed by atoms with Crippen molar-refractivity contribution in [1.29, 1.82) is 0 Å². The summed E-state index contributed by atoms with van der Waals surface area (Å²) in [7, 11) is 0. The molecule has 142 valence electrons. The van der Waals surface area contributed by atoms with E-state index in [9.17, 15) is 9.59 Å². The number of anilines is 3. The number of urea groups is 1. The molecule has 0 atom stereocenters. The number of carbonyl (C=O) groups excluding carboxylic acids is 2. The molecule has 1 fully saturated rings. The molecule has 2 aromatic rings. The number of hydrogen-bond acceptors (Lipinski definition) is 5. The number of carbonyl (C=O) groups is 2. The van der Waals surface area contributed by atoms with Crippen LogP contribution in [0, 0.1) is 0 Å². The average molecular weight is 369 g/mol. The third-order valence-electron chi connectivity index (χ3n) is 4.17. The molecule has 8 nitrogen and oxygen atoms in total. The second-order valence-corrected chi connectivity index (χ2v) is 6.02. The van der Waals surface area contributed by atoms with Gasteiger partial charge in [-0.3, -0.25) is 0 Å². The molecular formula is C19H23N5O3. The normalized spacial score (nSPS) is 13.8. The van der Waals surface area contributed by atoms with Crippen LogP contribution >= 0.6 is 0 Å². The molecule has 2 N–H and O–H groups in total. The third-order valence-corrected chi connectivity index (χ3v) is 4.17. The molecule has 0 spiro atoms. The quantitative estimate of drug-likeness (QED) is 0.865. The molecule has 0 bridgehead atoms. The standard InChI is InChI=1S/C19H23N5O3/c1-2-27-19(26)24-12-10-23(11-13-24)17-9-8-16(14-20-17)22-18(25)21-15-6-4-3-5-7-15/h3-9,14H,2,10-13H2,1H3,(H2,21,22,25). The van der Waals surface area contributed by atoms with Crippen LogP contribution in [-0.2, 0) is 4.74 Å². The van der Waals surface area contributed by atoms with Gasteiger partial charge in [0, 0.05) is 31.9 Å². The van der Waals surface area contributed by atoms with Crippen LogP contribution in [0.15, 0.2) is 48.7 Å². The number of nitrogens with zero attached hydrogens (tertiary/aromatic N) is 3. The van der Waals surface area contributed by atoms with Crippen LogP contribution < -0.4 is 15.5 Å². The highest BCUT2D eigenvalue weighted by atomic mass is 16.6. The Morgan fingerprint density at radius 2 is 1.70 bits per heavy atom. The Labute approximate surface area is 158 Å². The van der Waals surface area contributed by atoms with Gasteiger partial charge >= 0.3 is 12.1 Å². The van der Waals surface area contributed by atoms with Crippen LogP contribution in [0.4, 0.5) is 26.8 Å². The number of pyridine rings is 1. The second kappa shape index (κ2) is 8.88. The van der Waals surface area contributed by atoms with E-state index in [1.165, 1.54) is 0 Å². The number of benzene rings is 1. The minimum absolute atomic E-state index is 0.269. The number of nitrogens with one attached hydrogen (secondary N) is 2. The first-order valence-corrected chi connectivity index (χ1v) is 8.91. The molecule has 1 aromatic heterocycles. The molecule has 8 heteroatoms. The van der Waals surface area contributed by atoms with Crippen molar-refractivity contribution in [3.05, 3.63) is 48.7 Å². The van der Waals surface area contributed by atoms with E-state index < -0.39 is 0 Å². The van der Waals surface area contributed by atoms with Crippen molar-refractivity contribution in [3.63, 3.8) is 0 Å². The van der Waals surface area contributed by atoms with E-state index in [1.54, 1.807) is 18.0 Å². The Morgan fingerprint density at radius 3 is 2.33 bits per heavy atom. The molecule has 1 aromatic carbocycles. The Bertz CT molecular complexity index is 759. The van der Waals surface area contributed by atoms with Crippen LogP contribution in [0.1, 0.15) is 6.92 Å². The monoisotopic (exact) mass is 369 g/mol. The maximum absolute atomic E-state index is 12.0. The summed E-state index contributed by atoms with van der Waals surface area (Å²) in [5, 5.41) is 5.51. The molecule has 1 aliphatic rings. The molecule has 0 aliphatic carbocycles. The van der Waals surface area contributed by atoms with E-state index >= 15 is 0 Å². The van der Waals surface area contributed by atoms with Crippen molar-refractivity contribution in [2.24, 2.45) is 0 Å². The van der Waals surface area contributed by atoms with Gasteiger partial charge in [-0.25, -0.2) is 14.6 Å². The van der Waals surface area contributed by atoms with Crippen molar-refractivity contribution in [3.8, 4) is 0 Å². The van der Waals surface area contributed by atoms with E-state index in [1.807, 2.05) is 42.5 Å². The Hall–Kier alpha value is -3.29. The Morgan fingerprint density at radius 1 is 1.00 bits per heavy atom. The van der Waals surface area contributed by atoms with E-state index in [-0.39, 0.29) is 12.1 Å². The van der Waals surface area contributed by atoms with Gasteiger partial charge in [0.15, 0.2) is 0 Å². The zero-order chi connectivity index (χ0) is 19.1. The highest BCUT2D eigenvalue weighted by Crippen LogP contribution is 2.17. The van der Waals surface area contributed by atoms with Gasteiger partial charge in [-0.1, -0.05) is 18.2 Å². The van der Waals surface area contributed by atoms with Crippen LogP contribution in [0.5, 0.6) is 0 Å². The van der Waals surface area contributed by atoms with Crippen molar-refractivity contribution in [2.75, 3.05) is 48.3 Å². The number of rotatable bonds is 4. The van der Waals surface area contributed by atoms with Gasteiger partial charge in [0.05, 0.1) is 18.5 Å². The molecule has 0 saturated carbocycles. The SMILES string of the molecule is CCOC(=O)N1CCN(c2ccc(NC(=O)Nc3ccccc3)cn2)CC1. The predicted molar refractivity (Wildman–Crippen MR) is 104 cm³/mol. The molecule has 27 heavy (non-hydrogen) atoms. The minimum atomic E-state index is -0.321. The number of aromatic nitrogens is 1. The van der Waals surface area contributed by atoms with Gasteiger partial charge < -0.3 is 25.2 Å². The summed E-state index contributed by atoms with van der Waals surface area (Å²) in [6.07, 6.45) is 1.35. The lowest BCUT2D eigenvalue weighted by Crippen LogP contribution is -2.49. The van der Waals surface area contributed by atoms with Crippen LogP contribution in [0.3, 0.4) is 0 Å². The van der Waals surface area contributed by atoms with Crippen LogP contribution in [0.25, 0.3) is 0 Å². The summed E-state index contributed by atoms with van der Waals surface area (Å²) < 4.78 is 5.02. The average Bonchev–Trinajstić information content (AvgIpc) is 2.69. The van der Waals surface area contributed by atoms with E-state index in [4.69, 9.17) is 4.74 Å². The molecule has 3 amide bonds. The maximum Gasteiger partial charge on any atom is 0.409 e. The fourth-order valence-electron chi connectivity index (χ4n) is 2.79. The van der Waals surface area contributed by atoms with Crippen molar-refractivity contribution >= 4 is 29.3 Å². The van der Waals surface area contributed by atoms with Crippen molar-refractivity contribution < 1.29 is 14.3 Å². The van der Waals surface area contributed by atoms with Gasteiger partial charge in [0.25, 0.3) is 0 Å². The first-order chi connectivity index (χ1) is 13.2. The van der Waals surface area contributed by atoms with Crippen LogP contribution in [0.2, 0.25) is 0 Å². The molecule has 2 heterocycles. The van der Waals surface area contributed by atoms with Crippen molar-refractivity contribution in [1.82, 2.24) is 9.88 Å². The zero-order valence-corrected chi connectivity index (χ0v) is 15.2. The fourth-order valence-corrected chi connectivity index (χ4v) is 2.79. The number of piperazine rings is 1. The summed E-state index contributed by atoms with van der Waals surface area (Å²) in [5.74, 6) is 0.813. The molecule has 1 aliphatic heterocycles. The number of hydrogen-bond donors (Lipinski definition) is 2. The lowest BCUT2D eigenvalue weighted by Gasteiger charge is -2.34. The second-order valence-electron chi connectivity index (χ2n) is 6.02. The Kier molecular flexibility index (Phi) is 6.09.